The summed E-state index contributed by atoms with van der Waals surface area (Å²) in [6.45, 7) is 2.31. The van der Waals surface area contributed by atoms with E-state index in [1.807, 2.05) is 13.0 Å². The van der Waals surface area contributed by atoms with E-state index in [0.29, 0.717) is 29.4 Å². The topological polar surface area (TPSA) is 114 Å². The molecule has 0 unspecified atom stereocenters. The average Bonchev–Trinajstić information content (AvgIpc) is 3.01. The molecule has 24 heavy (non-hydrogen) atoms. The van der Waals surface area contributed by atoms with E-state index in [0.717, 1.165) is 15.1 Å². The van der Waals surface area contributed by atoms with Crippen LogP contribution in [0.2, 0.25) is 0 Å². The van der Waals surface area contributed by atoms with Gasteiger partial charge >= 0.3 is 0 Å². The van der Waals surface area contributed by atoms with Crippen molar-refractivity contribution in [3.8, 4) is 5.75 Å². The summed E-state index contributed by atoms with van der Waals surface area (Å²) in [7, 11) is 0. The molecule has 0 atom stereocenters. The van der Waals surface area contributed by atoms with Gasteiger partial charge in [0.1, 0.15) is 12.1 Å². The van der Waals surface area contributed by atoms with Crippen LogP contribution >= 0.6 is 11.3 Å². The SMILES string of the molecule is CCOc1cc(C(N)=O)ccc1Nc1ncnc2cc(C=N)sc12. The van der Waals surface area contributed by atoms with Crippen LogP contribution in [0.3, 0.4) is 0 Å². The zero-order valence-corrected chi connectivity index (χ0v) is 13.7. The Morgan fingerprint density at radius 3 is 2.96 bits per heavy atom. The van der Waals surface area contributed by atoms with E-state index in [1.54, 1.807) is 18.2 Å². The van der Waals surface area contributed by atoms with Crippen LogP contribution in [0.5, 0.6) is 5.75 Å². The molecular weight excluding hydrogens is 326 g/mol. The summed E-state index contributed by atoms with van der Waals surface area (Å²) in [4.78, 5) is 20.6. The molecule has 8 heteroatoms. The number of hydrogen-bond donors (Lipinski definition) is 3. The Kier molecular flexibility index (Phi) is 4.39. The number of ether oxygens (including phenoxy) is 1. The molecule has 0 bridgehead atoms. The fourth-order valence-corrected chi connectivity index (χ4v) is 3.10. The highest BCUT2D eigenvalue weighted by Crippen LogP contribution is 2.33. The standard InChI is InChI=1S/C16H15N5O2S/c1-2-23-13-5-9(15(18)22)3-4-11(13)21-16-14-12(19-8-20-16)6-10(7-17)24-14/h3-8,17H,2H2,1H3,(H2,18,22)(H,19,20,21). The number of primary amides is 1. The number of nitrogens with two attached hydrogens (primary N) is 1. The summed E-state index contributed by atoms with van der Waals surface area (Å²) >= 11 is 1.42. The van der Waals surface area contributed by atoms with Crippen molar-refractivity contribution in [2.75, 3.05) is 11.9 Å². The second-order valence-electron chi connectivity index (χ2n) is 4.86. The van der Waals surface area contributed by atoms with Gasteiger partial charge in [0, 0.05) is 16.7 Å². The zero-order valence-electron chi connectivity index (χ0n) is 12.9. The molecule has 0 fully saturated rings. The van der Waals surface area contributed by atoms with Crippen LogP contribution in [-0.2, 0) is 0 Å². The minimum absolute atomic E-state index is 0.374. The number of amides is 1. The number of nitrogens with zero attached hydrogens (tertiary/aromatic N) is 2. The molecule has 1 amide bonds. The smallest absolute Gasteiger partial charge is 0.248 e. The Labute approximate surface area is 142 Å². The number of aromatic nitrogens is 2. The quantitative estimate of drug-likeness (QED) is 0.596. The predicted molar refractivity (Wildman–Crippen MR) is 94.7 cm³/mol. The van der Waals surface area contributed by atoms with Crippen LogP contribution in [0.15, 0.2) is 30.6 Å². The van der Waals surface area contributed by atoms with Crippen LogP contribution in [0.1, 0.15) is 22.2 Å². The molecule has 3 aromatic rings. The van der Waals surface area contributed by atoms with Gasteiger partial charge in [-0.25, -0.2) is 9.97 Å². The van der Waals surface area contributed by atoms with Crippen molar-refractivity contribution in [2.45, 2.75) is 6.92 Å². The van der Waals surface area contributed by atoms with Crippen LogP contribution in [-0.4, -0.2) is 28.7 Å². The third kappa shape index (κ3) is 3.04. The van der Waals surface area contributed by atoms with Crippen molar-refractivity contribution in [1.29, 1.82) is 5.41 Å². The van der Waals surface area contributed by atoms with E-state index < -0.39 is 5.91 Å². The van der Waals surface area contributed by atoms with Gasteiger partial charge in [0.15, 0.2) is 5.82 Å². The zero-order chi connectivity index (χ0) is 17.1. The maximum Gasteiger partial charge on any atom is 0.248 e. The van der Waals surface area contributed by atoms with Crippen LogP contribution < -0.4 is 15.8 Å². The Morgan fingerprint density at radius 2 is 2.25 bits per heavy atom. The Balaban J connectivity index is 2.03. The molecule has 7 nitrogen and oxygen atoms in total. The minimum Gasteiger partial charge on any atom is -0.492 e. The van der Waals surface area contributed by atoms with Gasteiger partial charge in [-0.3, -0.25) is 4.79 Å². The molecule has 4 N–H and O–H groups in total. The molecular formula is C16H15N5O2S. The van der Waals surface area contributed by atoms with Gasteiger partial charge in [0.2, 0.25) is 5.91 Å². The van der Waals surface area contributed by atoms with Crippen LogP contribution in [0.4, 0.5) is 11.5 Å². The summed E-state index contributed by atoms with van der Waals surface area (Å²) in [5, 5.41) is 10.6. The van der Waals surface area contributed by atoms with Crippen molar-refractivity contribution in [3.05, 3.63) is 41.0 Å². The van der Waals surface area contributed by atoms with E-state index in [1.165, 1.54) is 23.9 Å². The highest BCUT2D eigenvalue weighted by atomic mass is 32.1. The molecule has 0 saturated carbocycles. The number of rotatable bonds is 6. The van der Waals surface area contributed by atoms with E-state index in [9.17, 15) is 4.79 Å². The summed E-state index contributed by atoms with van der Waals surface area (Å²) in [6.07, 6.45) is 2.74. The van der Waals surface area contributed by atoms with Gasteiger partial charge in [-0.2, -0.15) is 0 Å². The molecule has 0 radical (unpaired) electrons. The van der Waals surface area contributed by atoms with Crippen LogP contribution in [0, 0.1) is 5.41 Å². The van der Waals surface area contributed by atoms with E-state index in [-0.39, 0.29) is 0 Å². The fraction of sp³-hybridized carbons (Fsp3) is 0.125. The van der Waals surface area contributed by atoms with Crippen LogP contribution in [0.25, 0.3) is 10.2 Å². The number of hydrogen-bond acceptors (Lipinski definition) is 7. The molecule has 2 aromatic heterocycles. The van der Waals surface area contributed by atoms with Gasteiger partial charge in [0.25, 0.3) is 0 Å². The average molecular weight is 341 g/mol. The minimum atomic E-state index is -0.513. The monoisotopic (exact) mass is 341 g/mol. The largest absolute Gasteiger partial charge is 0.492 e. The lowest BCUT2D eigenvalue weighted by molar-refractivity contribution is 0.1000. The molecule has 1 aromatic carbocycles. The maximum atomic E-state index is 11.3. The number of nitrogens with one attached hydrogen (secondary N) is 2. The lowest BCUT2D eigenvalue weighted by Gasteiger charge is -2.13. The Hall–Kier alpha value is -3.00. The van der Waals surface area contributed by atoms with E-state index in [2.05, 4.69) is 15.3 Å². The normalized spacial score (nSPS) is 10.5. The Morgan fingerprint density at radius 1 is 1.42 bits per heavy atom. The van der Waals surface area contributed by atoms with Gasteiger partial charge in [-0.15, -0.1) is 11.3 Å². The maximum absolute atomic E-state index is 11.3. The molecule has 0 saturated heterocycles. The van der Waals surface area contributed by atoms with Crippen molar-refractivity contribution in [3.63, 3.8) is 0 Å². The first-order valence-electron chi connectivity index (χ1n) is 7.21. The Bertz CT molecular complexity index is 922. The number of thiophene rings is 1. The first-order valence-corrected chi connectivity index (χ1v) is 8.02. The number of carbonyl (C=O) groups excluding carboxylic acids is 1. The molecule has 0 aliphatic carbocycles. The van der Waals surface area contributed by atoms with E-state index >= 15 is 0 Å². The summed E-state index contributed by atoms with van der Waals surface area (Å²) in [5.74, 6) is 0.621. The molecule has 0 aliphatic heterocycles. The third-order valence-corrected chi connectivity index (χ3v) is 4.37. The van der Waals surface area contributed by atoms with Gasteiger partial charge in [-0.05, 0) is 31.2 Å². The number of anilines is 2. The lowest BCUT2D eigenvalue weighted by atomic mass is 10.1. The molecule has 122 valence electrons. The number of benzene rings is 1. The second kappa shape index (κ2) is 6.63. The summed E-state index contributed by atoms with van der Waals surface area (Å²) in [5.41, 5.74) is 7.13. The van der Waals surface area contributed by atoms with Crippen molar-refractivity contribution >= 4 is 45.2 Å². The molecule has 2 heterocycles. The number of fused-ring (bicyclic) bond motifs is 1. The summed E-state index contributed by atoms with van der Waals surface area (Å²) in [6, 6.07) is 6.79. The van der Waals surface area contributed by atoms with Crippen molar-refractivity contribution < 1.29 is 9.53 Å². The number of carbonyl (C=O) groups is 1. The highest BCUT2D eigenvalue weighted by Gasteiger charge is 2.12. The molecule has 0 spiro atoms. The first-order chi connectivity index (χ1) is 11.6. The van der Waals surface area contributed by atoms with Crippen molar-refractivity contribution in [1.82, 2.24) is 9.97 Å². The van der Waals surface area contributed by atoms with Gasteiger partial charge < -0.3 is 21.2 Å². The molecule has 3 rings (SSSR count). The first kappa shape index (κ1) is 15.9. The van der Waals surface area contributed by atoms with E-state index in [4.69, 9.17) is 15.9 Å². The predicted octanol–water partition coefficient (Wildman–Crippen LogP) is 2.93. The second-order valence-corrected chi connectivity index (χ2v) is 5.95. The lowest BCUT2D eigenvalue weighted by Crippen LogP contribution is -2.11. The van der Waals surface area contributed by atoms with Crippen molar-refractivity contribution in [2.24, 2.45) is 5.73 Å². The highest BCUT2D eigenvalue weighted by molar-refractivity contribution is 7.21. The van der Waals surface area contributed by atoms with Gasteiger partial charge in [0.05, 0.1) is 22.5 Å². The fourth-order valence-electron chi connectivity index (χ4n) is 2.21. The van der Waals surface area contributed by atoms with Gasteiger partial charge in [-0.1, -0.05) is 0 Å². The molecule has 0 aliphatic rings. The third-order valence-electron chi connectivity index (χ3n) is 3.29. The summed E-state index contributed by atoms with van der Waals surface area (Å²) < 4.78 is 6.44.